The van der Waals surface area contributed by atoms with Gasteiger partial charge in [-0.25, -0.2) is 0 Å². The lowest BCUT2D eigenvalue weighted by Crippen LogP contribution is -2.55. The van der Waals surface area contributed by atoms with Crippen molar-refractivity contribution in [1.82, 2.24) is 0 Å². The first-order valence-corrected chi connectivity index (χ1v) is 7.16. The van der Waals surface area contributed by atoms with Crippen LogP contribution < -0.4 is 0 Å². The maximum absolute atomic E-state index is 10.7. The fraction of sp³-hybridized carbons (Fsp3) is 0.875. The Morgan fingerprint density at radius 3 is 2.53 bits per heavy atom. The van der Waals surface area contributed by atoms with Crippen molar-refractivity contribution in [1.29, 1.82) is 0 Å². The third-order valence-corrected chi connectivity index (χ3v) is 5.58. The summed E-state index contributed by atoms with van der Waals surface area (Å²) in [6.45, 7) is 13.3. The van der Waals surface area contributed by atoms with Gasteiger partial charge in [-0.2, -0.15) is 0 Å². The van der Waals surface area contributed by atoms with Crippen LogP contribution in [0.5, 0.6) is 0 Å². The summed E-state index contributed by atoms with van der Waals surface area (Å²) in [6, 6.07) is 0. The molecule has 98 valence electrons. The molecule has 2 fully saturated rings. The molecule has 2 rings (SSSR count). The van der Waals surface area contributed by atoms with Crippen molar-refractivity contribution in [3.05, 3.63) is 12.2 Å². The van der Waals surface area contributed by atoms with E-state index in [1.807, 2.05) is 0 Å². The smallest absolute Gasteiger partial charge is 0.0653 e. The van der Waals surface area contributed by atoms with Gasteiger partial charge >= 0.3 is 0 Å². The van der Waals surface area contributed by atoms with E-state index in [4.69, 9.17) is 0 Å². The zero-order chi connectivity index (χ0) is 12.8. The maximum atomic E-state index is 10.7. The third kappa shape index (κ3) is 2.07. The summed E-state index contributed by atoms with van der Waals surface area (Å²) in [5, 5.41) is 10.7. The summed E-state index contributed by atoms with van der Waals surface area (Å²) in [7, 11) is 0. The fourth-order valence-corrected chi connectivity index (χ4v) is 4.89. The predicted octanol–water partition coefficient (Wildman–Crippen LogP) is 4.17. The molecule has 0 heterocycles. The van der Waals surface area contributed by atoms with Gasteiger partial charge in [-0.3, -0.25) is 0 Å². The predicted molar refractivity (Wildman–Crippen MR) is 72.8 cm³/mol. The normalized spacial score (nSPS) is 47.1. The molecule has 0 aromatic rings. The highest BCUT2D eigenvalue weighted by Crippen LogP contribution is 2.59. The van der Waals surface area contributed by atoms with Gasteiger partial charge in [0.15, 0.2) is 0 Å². The summed E-state index contributed by atoms with van der Waals surface area (Å²) in [5.41, 5.74) is 1.21. The Morgan fingerprint density at radius 1 is 1.29 bits per heavy atom. The molecule has 17 heavy (non-hydrogen) atoms. The molecule has 2 saturated carbocycles. The van der Waals surface area contributed by atoms with Gasteiger partial charge in [-0.05, 0) is 62.2 Å². The molecule has 1 nitrogen and oxygen atoms in total. The number of hydrogen-bond donors (Lipinski definition) is 1. The Kier molecular flexibility index (Phi) is 3.18. The van der Waals surface area contributed by atoms with Crippen LogP contribution >= 0.6 is 0 Å². The van der Waals surface area contributed by atoms with Crippen molar-refractivity contribution in [3.63, 3.8) is 0 Å². The van der Waals surface area contributed by atoms with Crippen LogP contribution in [-0.2, 0) is 0 Å². The van der Waals surface area contributed by atoms with E-state index in [9.17, 15) is 5.11 Å². The average molecular weight is 236 g/mol. The highest BCUT2D eigenvalue weighted by atomic mass is 16.3. The summed E-state index contributed by atoms with van der Waals surface area (Å²) in [5.74, 6) is 1.91. The Morgan fingerprint density at radius 2 is 1.94 bits per heavy atom. The molecule has 0 aliphatic heterocycles. The fourth-order valence-electron chi connectivity index (χ4n) is 4.89. The largest absolute Gasteiger partial charge is 0.390 e. The second-order valence-corrected chi connectivity index (χ2v) is 7.27. The maximum Gasteiger partial charge on any atom is 0.0653 e. The van der Waals surface area contributed by atoms with Gasteiger partial charge in [0.05, 0.1) is 5.60 Å². The topological polar surface area (TPSA) is 20.2 Å². The molecular formula is C16H28O. The van der Waals surface area contributed by atoms with Gasteiger partial charge in [-0.1, -0.05) is 32.9 Å². The van der Waals surface area contributed by atoms with Crippen molar-refractivity contribution < 1.29 is 5.11 Å². The molecule has 2 aliphatic carbocycles. The lowest BCUT2D eigenvalue weighted by atomic mass is 9.49. The van der Waals surface area contributed by atoms with E-state index in [-0.39, 0.29) is 5.41 Å². The molecule has 0 saturated heterocycles. The van der Waals surface area contributed by atoms with Gasteiger partial charge in [0, 0.05) is 0 Å². The van der Waals surface area contributed by atoms with Gasteiger partial charge in [0.25, 0.3) is 0 Å². The first-order chi connectivity index (χ1) is 7.77. The minimum absolute atomic E-state index is 0.269. The Labute approximate surface area is 106 Å². The number of fused-ring (bicyclic) bond motifs is 1. The number of hydrogen-bond acceptors (Lipinski definition) is 1. The summed E-state index contributed by atoms with van der Waals surface area (Å²) >= 11 is 0. The summed E-state index contributed by atoms with van der Waals surface area (Å²) in [4.78, 5) is 0. The highest BCUT2D eigenvalue weighted by Gasteiger charge is 2.54. The number of rotatable bonds is 1. The SMILES string of the molecule is C=C1CCC2[C@@](C)(O)CC[C@H](C(C)C)[C@@]2(C)C1. The second-order valence-electron chi connectivity index (χ2n) is 7.27. The van der Waals surface area contributed by atoms with Crippen LogP contribution in [-0.4, -0.2) is 10.7 Å². The van der Waals surface area contributed by atoms with E-state index in [1.54, 1.807) is 0 Å². The van der Waals surface area contributed by atoms with Crippen LogP contribution in [0.25, 0.3) is 0 Å². The molecule has 0 radical (unpaired) electrons. The molecule has 1 unspecified atom stereocenters. The second kappa shape index (κ2) is 4.12. The van der Waals surface area contributed by atoms with Crippen LogP contribution in [0, 0.1) is 23.2 Å². The van der Waals surface area contributed by atoms with Crippen molar-refractivity contribution in [2.75, 3.05) is 0 Å². The quantitative estimate of drug-likeness (QED) is 0.678. The highest BCUT2D eigenvalue weighted by molar-refractivity contribution is 5.13. The Hall–Kier alpha value is -0.300. The molecule has 0 aromatic heterocycles. The van der Waals surface area contributed by atoms with Gasteiger partial charge < -0.3 is 5.11 Å². The van der Waals surface area contributed by atoms with Crippen molar-refractivity contribution in [2.45, 2.75) is 65.4 Å². The van der Waals surface area contributed by atoms with E-state index in [2.05, 4.69) is 34.3 Å². The molecule has 0 aromatic carbocycles. The van der Waals surface area contributed by atoms with Gasteiger partial charge in [-0.15, -0.1) is 0 Å². The van der Waals surface area contributed by atoms with Crippen LogP contribution in [0.3, 0.4) is 0 Å². The molecular weight excluding hydrogens is 208 g/mol. The first-order valence-electron chi connectivity index (χ1n) is 7.16. The average Bonchev–Trinajstić information content (AvgIpc) is 2.14. The minimum Gasteiger partial charge on any atom is -0.390 e. The van der Waals surface area contributed by atoms with Crippen LogP contribution in [0.15, 0.2) is 12.2 Å². The molecule has 1 heteroatoms. The molecule has 4 atom stereocenters. The summed E-state index contributed by atoms with van der Waals surface area (Å²) in [6.07, 6.45) is 5.51. The van der Waals surface area contributed by atoms with E-state index in [0.717, 1.165) is 31.6 Å². The van der Waals surface area contributed by atoms with E-state index >= 15 is 0 Å². The summed E-state index contributed by atoms with van der Waals surface area (Å²) < 4.78 is 0. The lowest BCUT2D eigenvalue weighted by Gasteiger charge is -2.58. The lowest BCUT2D eigenvalue weighted by molar-refractivity contribution is -0.142. The van der Waals surface area contributed by atoms with Gasteiger partial charge in [0.1, 0.15) is 0 Å². The van der Waals surface area contributed by atoms with Crippen molar-refractivity contribution >= 4 is 0 Å². The van der Waals surface area contributed by atoms with Crippen LogP contribution in [0.4, 0.5) is 0 Å². The van der Waals surface area contributed by atoms with Crippen LogP contribution in [0.2, 0.25) is 0 Å². The number of aliphatic hydroxyl groups is 1. The molecule has 2 aliphatic rings. The van der Waals surface area contributed by atoms with Crippen molar-refractivity contribution in [2.24, 2.45) is 23.2 Å². The molecule has 0 amide bonds. The van der Waals surface area contributed by atoms with E-state index in [1.165, 1.54) is 12.0 Å². The zero-order valence-corrected chi connectivity index (χ0v) is 11.9. The van der Waals surface area contributed by atoms with Gasteiger partial charge in [0.2, 0.25) is 0 Å². The van der Waals surface area contributed by atoms with E-state index < -0.39 is 5.60 Å². The Bertz CT molecular complexity index is 315. The molecule has 0 bridgehead atoms. The zero-order valence-electron chi connectivity index (χ0n) is 11.9. The standard InChI is InChI=1S/C16H28O/c1-11(2)13-8-9-16(5,17)14-7-6-12(3)10-15(13,14)4/h11,13-14,17H,3,6-10H2,1-2,4-5H3/t13-,14?,15-,16+/m1/s1. The monoisotopic (exact) mass is 236 g/mol. The molecule has 0 spiro atoms. The third-order valence-electron chi connectivity index (χ3n) is 5.58. The van der Waals surface area contributed by atoms with Crippen LogP contribution in [0.1, 0.15) is 59.8 Å². The first kappa shape index (κ1) is 13.1. The Balaban J connectivity index is 2.35. The number of allylic oxidation sites excluding steroid dienone is 1. The van der Waals surface area contributed by atoms with E-state index in [0.29, 0.717) is 11.8 Å². The van der Waals surface area contributed by atoms with Crippen molar-refractivity contribution in [3.8, 4) is 0 Å². The molecule has 1 N–H and O–H groups in total. The minimum atomic E-state index is -0.457.